The fourth-order valence-electron chi connectivity index (χ4n) is 1.20. The lowest BCUT2D eigenvalue weighted by Crippen LogP contribution is -2.19. The van der Waals surface area contributed by atoms with E-state index in [-0.39, 0.29) is 12.0 Å². The van der Waals surface area contributed by atoms with Crippen molar-refractivity contribution in [1.82, 2.24) is 9.97 Å². The fraction of sp³-hybridized carbons (Fsp3) is 0.500. The van der Waals surface area contributed by atoms with Gasteiger partial charge in [-0.05, 0) is 13.3 Å². The van der Waals surface area contributed by atoms with Crippen LogP contribution in [0.2, 0.25) is 0 Å². The van der Waals surface area contributed by atoms with E-state index in [1.807, 2.05) is 13.8 Å². The van der Waals surface area contributed by atoms with Gasteiger partial charge in [0.15, 0.2) is 0 Å². The van der Waals surface area contributed by atoms with Gasteiger partial charge in [-0.1, -0.05) is 6.92 Å². The third-order valence-electron chi connectivity index (χ3n) is 2.16. The normalized spacial score (nSPS) is 11.8. The van der Waals surface area contributed by atoms with Gasteiger partial charge >= 0.3 is 0 Å². The van der Waals surface area contributed by atoms with Crippen molar-refractivity contribution in [2.75, 3.05) is 11.1 Å². The van der Waals surface area contributed by atoms with Crippen LogP contribution in [0, 0.1) is 18.3 Å². The van der Waals surface area contributed by atoms with Gasteiger partial charge in [-0.25, -0.2) is 4.98 Å². The molecule has 0 aliphatic rings. The van der Waals surface area contributed by atoms with Crippen LogP contribution >= 0.6 is 0 Å². The smallest absolute Gasteiger partial charge is 0.221 e. The Bertz CT molecular complexity index is 369. The van der Waals surface area contributed by atoms with Crippen molar-refractivity contribution in [3.05, 3.63) is 11.8 Å². The largest absolute Gasteiger partial charge is 0.368 e. The van der Waals surface area contributed by atoms with Gasteiger partial charge in [0.1, 0.15) is 5.82 Å². The number of hydrogen-bond acceptors (Lipinski definition) is 5. The molecule has 80 valence electrons. The molecule has 1 heterocycles. The number of nitrogen functional groups attached to an aromatic ring is 1. The quantitative estimate of drug-likeness (QED) is 0.777. The molecule has 0 radical (unpaired) electrons. The first-order valence-corrected chi connectivity index (χ1v) is 4.90. The number of anilines is 2. The van der Waals surface area contributed by atoms with Crippen molar-refractivity contribution in [2.45, 2.75) is 32.7 Å². The second-order valence-electron chi connectivity index (χ2n) is 3.37. The first-order chi connectivity index (χ1) is 7.17. The number of aryl methyl sites for hydroxylation is 1. The summed E-state index contributed by atoms with van der Waals surface area (Å²) in [6.07, 6.45) is 3.00. The van der Waals surface area contributed by atoms with Crippen LogP contribution in [0.3, 0.4) is 0 Å². The Balaban J connectivity index is 2.78. The van der Waals surface area contributed by atoms with Crippen molar-refractivity contribution in [3.63, 3.8) is 0 Å². The zero-order valence-electron chi connectivity index (χ0n) is 8.99. The van der Waals surface area contributed by atoms with Gasteiger partial charge in [-0.15, -0.1) is 0 Å². The van der Waals surface area contributed by atoms with E-state index < -0.39 is 0 Å². The van der Waals surface area contributed by atoms with Gasteiger partial charge < -0.3 is 11.1 Å². The van der Waals surface area contributed by atoms with Crippen LogP contribution in [0.25, 0.3) is 0 Å². The molecule has 0 aliphatic heterocycles. The van der Waals surface area contributed by atoms with Crippen molar-refractivity contribution in [1.29, 1.82) is 5.26 Å². The lowest BCUT2D eigenvalue weighted by Gasteiger charge is -2.15. The van der Waals surface area contributed by atoms with Gasteiger partial charge in [0.05, 0.1) is 12.5 Å². The molecule has 1 aromatic rings. The summed E-state index contributed by atoms with van der Waals surface area (Å²) in [5, 5.41) is 11.8. The summed E-state index contributed by atoms with van der Waals surface area (Å²) in [4.78, 5) is 7.97. The maximum atomic E-state index is 8.62. The van der Waals surface area contributed by atoms with Gasteiger partial charge in [0.25, 0.3) is 0 Å². The molecule has 5 heteroatoms. The number of nitrogens with zero attached hydrogens (tertiary/aromatic N) is 3. The Morgan fingerprint density at radius 3 is 3.00 bits per heavy atom. The van der Waals surface area contributed by atoms with Crippen LogP contribution in [0.5, 0.6) is 0 Å². The van der Waals surface area contributed by atoms with Gasteiger partial charge in [0, 0.05) is 17.8 Å². The highest BCUT2D eigenvalue weighted by atomic mass is 15.1. The van der Waals surface area contributed by atoms with Gasteiger partial charge in [0.2, 0.25) is 5.95 Å². The number of nitriles is 1. The number of hydrogen-bond donors (Lipinski definition) is 2. The Labute approximate surface area is 89.3 Å². The summed E-state index contributed by atoms with van der Waals surface area (Å²) < 4.78 is 0. The van der Waals surface area contributed by atoms with Crippen LogP contribution in [0.1, 0.15) is 25.3 Å². The minimum absolute atomic E-state index is 0.114. The van der Waals surface area contributed by atoms with Crippen molar-refractivity contribution in [3.8, 4) is 6.07 Å². The molecule has 15 heavy (non-hydrogen) atoms. The summed E-state index contributed by atoms with van der Waals surface area (Å²) >= 11 is 0. The van der Waals surface area contributed by atoms with Crippen LogP contribution < -0.4 is 11.1 Å². The zero-order chi connectivity index (χ0) is 11.3. The summed E-state index contributed by atoms with van der Waals surface area (Å²) in [5.41, 5.74) is 6.42. The first-order valence-electron chi connectivity index (χ1n) is 4.90. The van der Waals surface area contributed by atoms with E-state index in [4.69, 9.17) is 11.0 Å². The highest BCUT2D eigenvalue weighted by Crippen LogP contribution is 2.14. The predicted molar refractivity (Wildman–Crippen MR) is 59.1 cm³/mol. The summed E-state index contributed by atoms with van der Waals surface area (Å²) in [7, 11) is 0. The van der Waals surface area contributed by atoms with Crippen LogP contribution in [-0.4, -0.2) is 16.0 Å². The maximum absolute atomic E-state index is 8.62. The van der Waals surface area contributed by atoms with Crippen molar-refractivity contribution in [2.24, 2.45) is 0 Å². The molecule has 0 bridgehead atoms. The predicted octanol–water partition coefficient (Wildman–Crippen LogP) is 1.47. The standard InChI is InChI=1S/C10H15N5/c1-3-8(4-5-11)14-9-7(2)6-13-10(12)15-9/h6,8H,3-4H2,1-2H3,(H3,12,13,14,15). The Morgan fingerprint density at radius 2 is 2.40 bits per heavy atom. The summed E-state index contributed by atoms with van der Waals surface area (Å²) in [5.74, 6) is 0.958. The van der Waals surface area contributed by atoms with E-state index in [2.05, 4.69) is 21.4 Å². The SMILES string of the molecule is CCC(CC#N)Nc1nc(N)ncc1C. The molecule has 3 N–H and O–H groups in total. The van der Waals surface area contributed by atoms with Crippen LogP contribution in [-0.2, 0) is 0 Å². The third-order valence-corrected chi connectivity index (χ3v) is 2.16. The Hall–Kier alpha value is -1.83. The fourth-order valence-corrected chi connectivity index (χ4v) is 1.20. The summed E-state index contributed by atoms with van der Waals surface area (Å²) in [6, 6.07) is 2.25. The molecule has 1 rings (SSSR count). The van der Waals surface area contributed by atoms with E-state index in [0.29, 0.717) is 12.2 Å². The van der Waals surface area contributed by atoms with Crippen LogP contribution in [0.4, 0.5) is 11.8 Å². The molecule has 0 aromatic carbocycles. The first kappa shape index (κ1) is 11.2. The van der Waals surface area contributed by atoms with E-state index in [0.717, 1.165) is 12.0 Å². The topological polar surface area (TPSA) is 87.6 Å². The Morgan fingerprint density at radius 1 is 1.67 bits per heavy atom. The highest BCUT2D eigenvalue weighted by molar-refractivity contribution is 5.45. The molecular weight excluding hydrogens is 190 g/mol. The molecule has 5 nitrogen and oxygen atoms in total. The van der Waals surface area contributed by atoms with Crippen molar-refractivity contribution >= 4 is 11.8 Å². The molecule has 0 amide bonds. The monoisotopic (exact) mass is 205 g/mol. The third kappa shape index (κ3) is 3.09. The average molecular weight is 205 g/mol. The lowest BCUT2D eigenvalue weighted by atomic mass is 10.1. The highest BCUT2D eigenvalue weighted by Gasteiger charge is 2.08. The number of rotatable bonds is 4. The minimum Gasteiger partial charge on any atom is -0.368 e. The molecule has 1 unspecified atom stereocenters. The van der Waals surface area contributed by atoms with E-state index in [1.54, 1.807) is 6.20 Å². The number of nitrogens with one attached hydrogen (secondary N) is 1. The molecule has 0 saturated carbocycles. The average Bonchev–Trinajstić information content (AvgIpc) is 2.22. The molecule has 0 saturated heterocycles. The van der Waals surface area contributed by atoms with Crippen LogP contribution in [0.15, 0.2) is 6.20 Å². The number of nitrogens with two attached hydrogens (primary N) is 1. The van der Waals surface area contributed by atoms with E-state index in [9.17, 15) is 0 Å². The van der Waals surface area contributed by atoms with Gasteiger partial charge in [-0.2, -0.15) is 10.2 Å². The molecule has 1 aromatic heterocycles. The molecular formula is C10H15N5. The molecule has 0 spiro atoms. The molecule has 0 aliphatic carbocycles. The maximum Gasteiger partial charge on any atom is 0.221 e. The number of aromatic nitrogens is 2. The van der Waals surface area contributed by atoms with Crippen molar-refractivity contribution < 1.29 is 0 Å². The zero-order valence-corrected chi connectivity index (χ0v) is 8.99. The summed E-state index contributed by atoms with van der Waals surface area (Å²) in [6.45, 7) is 3.93. The molecule has 0 fully saturated rings. The van der Waals surface area contributed by atoms with Gasteiger partial charge in [-0.3, -0.25) is 0 Å². The lowest BCUT2D eigenvalue weighted by molar-refractivity contribution is 0.706. The Kier molecular flexibility index (Phi) is 3.86. The van der Waals surface area contributed by atoms with E-state index in [1.165, 1.54) is 0 Å². The minimum atomic E-state index is 0.114. The second kappa shape index (κ2) is 5.15. The molecule has 1 atom stereocenters. The van der Waals surface area contributed by atoms with E-state index >= 15 is 0 Å². The second-order valence-corrected chi connectivity index (χ2v) is 3.37.